The minimum Gasteiger partial charge on any atom is -0.310 e. The molecule has 0 atom stereocenters. The molecule has 0 spiro atoms. The number of aromatic nitrogens is 1. The topological polar surface area (TPSA) is 8.17 Å². The molecule has 2 nitrogen and oxygen atoms in total. The average molecular weight is 1100 g/mol. The van der Waals surface area contributed by atoms with Gasteiger partial charge in [0.15, 0.2) is 0 Å². The van der Waals surface area contributed by atoms with E-state index < -0.39 is 0 Å². The highest BCUT2D eigenvalue weighted by Gasteiger charge is 2.27. The summed E-state index contributed by atoms with van der Waals surface area (Å²) < 4.78 is 2.54. The second kappa shape index (κ2) is 19.8. The van der Waals surface area contributed by atoms with Crippen LogP contribution in [-0.2, 0) is 32.5 Å². The van der Waals surface area contributed by atoms with Gasteiger partial charge in [0.05, 0.1) is 22.4 Å². The Morgan fingerprint density at radius 2 is 0.619 bits per heavy atom. The predicted octanol–water partition coefficient (Wildman–Crippen LogP) is 23.9. The molecule has 84 heavy (non-hydrogen) atoms. The van der Waals surface area contributed by atoms with Crippen molar-refractivity contribution in [2.45, 2.75) is 157 Å². The molecule has 0 N–H and O–H groups in total. The summed E-state index contributed by atoms with van der Waals surface area (Å²) in [7, 11) is 0. The summed E-state index contributed by atoms with van der Waals surface area (Å²) in [6.45, 7) is 41.6. The van der Waals surface area contributed by atoms with Crippen molar-refractivity contribution in [2.75, 3.05) is 4.90 Å². The Morgan fingerprint density at radius 3 is 1.06 bits per heavy atom. The molecular formula is C82H86N2. The SMILES string of the molecule is CC(C)(C)c1ccc(-c2cc(-c3ccc(C(C)(C)C)cc3)cc(N(c3ccc(-c4cc(C(C)(C)C)cc(C(C)(C)C)c4)cc3)c3ccc4ccc5c(-n6c7ccc(C(C)(C)C)cc7c7cc(C(C)(C)C)ccc76)ccc6ccc3c4c65)c2)cc1. The second-order valence-corrected chi connectivity index (χ2v) is 30.5. The molecule has 12 rings (SSSR count). The fourth-order valence-corrected chi connectivity index (χ4v) is 12.7. The Bertz CT molecular complexity index is 4300. The van der Waals surface area contributed by atoms with Gasteiger partial charge < -0.3 is 9.47 Å². The minimum absolute atomic E-state index is 0.00115. The van der Waals surface area contributed by atoms with Crippen LogP contribution in [0.1, 0.15) is 158 Å². The van der Waals surface area contributed by atoms with Gasteiger partial charge in [0.25, 0.3) is 0 Å². The van der Waals surface area contributed by atoms with Crippen LogP contribution in [-0.4, -0.2) is 4.57 Å². The highest BCUT2D eigenvalue weighted by atomic mass is 15.1. The zero-order valence-corrected chi connectivity index (χ0v) is 53.4. The fraction of sp³-hybridized carbons (Fsp3) is 0.293. The van der Waals surface area contributed by atoms with E-state index in [1.165, 1.54) is 127 Å². The molecule has 0 saturated carbocycles. The Hall–Kier alpha value is -7.94. The number of hydrogen-bond donors (Lipinski definition) is 0. The quantitative estimate of drug-likeness (QED) is 0.144. The van der Waals surface area contributed by atoms with Gasteiger partial charge in [-0.3, -0.25) is 0 Å². The van der Waals surface area contributed by atoms with Gasteiger partial charge >= 0.3 is 0 Å². The third kappa shape index (κ3) is 10.3. The van der Waals surface area contributed by atoms with Gasteiger partial charge in [-0.2, -0.15) is 0 Å². The maximum Gasteiger partial charge on any atom is 0.0541 e. The molecule has 1 aromatic heterocycles. The molecule has 1 heterocycles. The fourth-order valence-electron chi connectivity index (χ4n) is 12.7. The Kier molecular flexibility index (Phi) is 13.4. The number of hydrogen-bond acceptors (Lipinski definition) is 1. The van der Waals surface area contributed by atoms with Crippen LogP contribution in [0.15, 0.2) is 194 Å². The first-order valence-corrected chi connectivity index (χ1v) is 30.6. The summed E-state index contributed by atoms with van der Waals surface area (Å²) >= 11 is 0. The second-order valence-electron chi connectivity index (χ2n) is 30.5. The van der Waals surface area contributed by atoms with Crippen LogP contribution in [0.25, 0.3) is 93.2 Å². The Balaban J connectivity index is 1.11. The largest absolute Gasteiger partial charge is 0.310 e. The predicted molar refractivity (Wildman–Crippen MR) is 368 cm³/mol. The molecule has 11 aromatic carbocycles. The van der Waals surface area contributed by atoms with Gasteiger partial charge in [0.2, 0.25) is 0 Å². The van der Waals surface area contributed by atoms with E-state index in [0.29, 0.717) is 0 Å². The summed E-state index contributed by atoms with van der Waals surface area (Å²) in [6, 6.07) is 75.7. The molecule has 0 saturated heterocycles. The van der Waals surface area contributed by atoms with Crippen molar-refractivity contribution in [1.29, 1.82) is 0 Å². The summed E-state index contributed by atoms with van der Waals surface area (Å²) in [5, 5.41) is 10.1. The monoisotopic (exact) mass is 1100 g/mol. The molecule has 12 aromatic rings. The molecule has 0 aliphatic heterocycles. The zero-order chi connectivity index (χ0) is 59.8. The van der Waals surface area contributed by atoms with Crippen molar-refractivity contribution in [2.24, 2.45) is 0 Å². The molecule has 0 amide bonds. The molecule has 424 valence electrons. The van der Waals surface area contributed by atoms with Gasteiger partial charge in [0.1, 0.15) is 0 Å². The maximum atomic E-state index is 2.54. The molecule has 2 heteroatoms. The van der Waals surface area contributed by atoms with Crippen molar-refractivity contribution < 1.29 is 0 Å². The van der Waals surface area contributed by atoms with E-state index in [1.807, 2.05) is 0 Å². The Labute approximate surface area is 501 Å². The van der Waals surface area contributed by atoms with Crippen molar-refractivity contribution >= 4 is 71.2 Å². The van der Waals surface area contributed by atoms with E-state index in [2.05, 4.69) is 328 Å². The van der Waals surface area contributed by atoms with E-state index >= 15 is 0 Å². The molecule has 0 aliphatic rings. The third-order valence-electron chi connectivity index (χ3n) is 18.1. The van der Waals surface area contributed by atoms with E-state index in [-0.39, 0.29) is 32.5 Å². The van der Waals surface area contributed by atoms with Crippen LogP contribution >= 0.6 is 0 Å². The first kappa shape index (κ1) is 56.5. The highest BCUT2D eigenvalue weighted by Crippen LogP contribution is 2.49. The molecule has 0 bridgehead atoms. The van der Waals surface area contributed by atoms with Crippen LogP contribution < -0.4 is 4.90 Å². The van der Waals surface area contributed by atoms with Gasteiger partial charge in [0, 0.05) is 32.9 Å². The van der Waals surface area contributed by atoms with Gasteiger partial charge in [-0.15, -0.1) is 0 Å². The van der Waals surface area contributed by atoms with Gasteiger partial charge in [-0.05, 0) is 188 Å². The first-order chi connectivity index (χ1) is 39.4. The van der Waals surface area contributed by atoms with Crippen molar-refractivity contribution in [3.05, 3.63) is 228 Å². The van der Waals surface area contributed by atoms with Crippen LogP contribution in [0.4, 0.5) is 17.1 Å². The van der Waals surface area contributed by atoms with Gasteiger partial charge in [-0.1, -0.05) is 252 Å². The minimum atomic E-state index is 0.00115. The smallest absolute Gasteiger partial charge is 0.0541 e. The van der Waals surface area contributed by atoms with Crippen LogP contribution in [0.3, 0.4) is 0 Å². The summed E-state index contributed by atoms with van der Waals surface area (Å²) in [6.07, 6.45) is 0. The average Bonchev–Trinajstić information content (AvgIpc) is 1.39. The standard InChI is InChI=1S/C82H86N2/c1-77(2,3)59-29-19-51(20-30-59)56-43-57(52-21-31-60(32-22-52)78(4,5)6)47-66(46-56)83(65-35-23-53(24-36-65)58-44-63(81(13,14)15)48-64(45-58)82(16,17)18)71-39-27-54-26-38-68-72(40-28-55-25-37-67(71)75(54)76(55)68)84-73-41-33-61(79(7,8)9)49-69(73)70-50-62(80(10,11)12)34-42-74(70)84/h19-50H,1-18H3. The lowest BCUT2D eigenvalue weighted by Gasteiger charge is -2.29. The van der Waals surface area contributed by atoms with E-state index in [0.717, 1.165) is 17.1 Å². The van der Waals surface area contributed by atoms with Crippen LogP contribution in [0.5, 0.6) is 0 Å². The molecular weight excluding hydrogens is 1010 g/mol. The zero-order valence-electron chi connectivity index (χ0n) is 53.4. The summed E-state index contributed by atoms with van der Waals surface area (Å²) in [5.41, 5.74) is 22.3. The third-order valence-corrected chi connectivity index (χ3v) is 18.1. The summed E-state index contributed by atoms with van der Waals surface area (Å²) in [5.74, 6) is 0. The van der Waals surface area contributed by atoms with Crippen LogP contribution in [0, 0.1) is 0 Å². The number of fused-ring (bicyclic) bond motifs is 3. The number of rotatable bonds is 7. The van der Waals surface area contributed by atoms with Crippen molar-refractivity contribution in [3.63, 3.8) is 0 Å². The van der Waals surface area contributed by atoms with Crippen LogP contribution in [0.2, 0.25) is 0 Å². The highest BCUT2D eigenvalue weighted by molar-refractivity contribution is 6.27. The lowest BCUT2D eigenvalue weighted by molar-refractivity contribution is 0.569. The lowest BCUT2D eigenvalue weighted by Crippen LogP contribution is -2.16. The molecule has 0 fully saturated rings. The molecule has 0 aliphatic carbocycles. The lowest BCUT2D eigenvalue weighted by atomic mass is 9.79. The number of anilines is 3. The van der Waals surface area contributed by atoms with Crippen molar-refractivity contribution in [3.8, 4) is 39.1 Å². The molecule has 0 radical (unpaired) electrons. The summed E-state index contributed by atoms with van der Waals surface area (Å²) in [4.78, 5) is 2.54. The first-order valence-electron chi connectivity index (χ1n) is 30.6. The van der Waals surface area contributed by atoms with E-state index in [1.54, 1.807) is 0 Å². The maximum absolute atomic E-state index is 2.54. The molecule has 0 unspecified atom stereocenters. The Morgan fingerprint density at radius 1 is 0.250 bits per heavy atom. The normalized spacial score (nSPS) is 13.1. The van der Waals surface area contributed by atoms with Gasteiger partial charge in [-0.25, -0.2) is 0 Å². The number of nitrogens with zero attached hydrogens (tertiary/aromatic N) is 2. The van der Waals surface area contributed by atoms with E-state index in [4.69, 9.17) is 0 Å². The number of benzene rings is 11. The van der Waals surface area contributed by atoms with Crippen molar-refractivity contribution in [1.82, 2.24) is 4.57 Å². The van der Waals surface area contributed by atoms with E-state index in [9.17, 15) is 0 Å².